The van der Waals surface area contributed by atoms with E-state index in [4.69, 9.17) is 0 Å². The molecule has 68 valence electrons. The lowest BCUT2D eigenvalue weighted by molar-refractivity contribution is 0.508. The number of hydrogen-bond donors (Lipinski definition) is 0. The lowest BCUT2D eigenvalue weighted by Gasteiger charge is -1.95. The van der Waals surface area contributed by atoms with Crippen LogP contribution >= 0.6 is 0 Å². The first kappa shape index (κ1) is 9.65. The van der Waals surface area contributed by atoms with Crippen LogP contribution in [0.5, 0.6) is 0 Å². The normalized spacial score (nSPS) is 10.7. The van der Waals surface area contributed by atoms with Crippen LogP contribution < -0.4 is 0 Å². The highest BCUT2D eigenvalue weighted by atomic mass is 19.2. The number of hydrogen-bond acceptors (Lipinski definition) is 0. The third kappa shape index (κ3) is 2.82. The Morgan fingerprint density at radius 3 is 2.54 bits per heavy atom. The zero-order valence-electron chi connectivity index (χ0n) is 7.35. The topological polar surface area (TPSA) is 0 Å². The maximum atomic E-state index is 12.7. The second-order valence-electron chi connectivity index (χ2n) is 2.85. The molecule has 0 aromatic heterocycles. The Morgan fingerprint density at radius 2 is 2.00 bits per heavy atom. The van der Waals surface area contributed by atoms with Crippen molar-refractivity contribution >= 4 is 6.08 Å². The number of allylic oxidation sites excluding steroid dienone is 2. The summed E-state index contributed by atoms with van der Waals surface area (Å²) in [6, 6.07) is 3.76. The zero-order chi connectivity index (χ0) is 9.84. The Kier molecular flexibility index (Phi) is 2.96. The smallest absolute Gasteiger partial charge is 0.159 e. The van der Waals surface area contributed by atoms with Crippen molar-refractivity contribution in [3.05, 3.63) is 53.6 Å². The molecule has 0 amide bonds. The van der Waals surface area contributed by atoms with E-state index in [1.165, 1.54) is 6.07 Å². The molecule has 13 heavy (non-hydrogen) atoms. The molecule has 2 heteroatoms. The van der Waals surface area contributed by atoms with Gasteiger partial charge in [0.25, 0.3) is 0 Å². The highest BCUT2D eigenvalue weighted by Gasteiger charge is 1.99. The first-order valence-electron chi connectivity index (χ1n) is 3.88. The highest BCUT2D eigenvalue weighted by molar-refractivity contribution is 5.52. The molecule has 0 saturated carbocycles. The van der Waals surface area contributed by atoms with Crippen molar-refractivity contribution in [1.82, 2.24) is 0 Å². The van der Waals surface area contributed by atoms with Gasteiger partial charge in [-0.3, -0.25) is 0 Å². The molecular weight excluding hydrogens is 170 g/mol. The molecule has 0 radical (unpaired) electrons. The van der Waals surface area contributed by atoms with Crippen molar-refractivity contribution in [1.29, 1.82) is 0 Å². The molecule has 0 aliphatic heterocycles. The summed E-state index contributed by atoms with van der Waals surface area (Å²) in [7, 11) is 0. The van der Waals surface area contributed by atoms with E-state index < -0.39 is 11.6 Å². The summed E-state index contributed by atoms with van der Waals surface area (Å²) < 4.78 is 25.2. The number of halogens is 2. The lowest BCUT2D eigenvalue weighted by atomic mass is 10.2. The monoisotopic (exact) mass is 180 g/mol. The first-order valence-corrected chi connectivity index (χ1v) is 3.88. The van der Waals surface area contributed by atoms with Crippen LogP contribution in [0.4, 0.5) is 8.78 Å². The van der Waals surface area contributed by atoms with Crippen molar-refractivity contribution < 1.29 is 8.78 Å². The summed E-state index contributed by atoms with van der Waals surface area (Å²) >= 11 is 0. The van der Waals surface area contributed by atoms with Gasteiger partial charge in [-0.2, -0.15) is 0 Å². The summed E-state index contributed by atoms with van der Waals surface area (Å²) in [5, 5.41) is 0. The van der Waals surface area contributed by atoms with Crippen LogP contribution in [0, 0.1) is 11.6 Å². The third-order valence-corrected chi connectivity index (χ3v) is 1.50. The summed E-state index contributed by atoms with van der Waals surface area (Å²) in [6.07, 6.45) is 3.43. The molecule has 1 aromatic carbocycles. The fourth-order valence-electron chi connectivity index (χ4n) is 0.855. The van der Waals surface area contributed by atoms with Gasteiger partial charge < -0.3 is 0 Å². The molecule has 0 unspecified atom stereocenters. The second kappa shape index (κ2) is 3.99. The van der Waals surface area contributed by atoms with Crippen LogP contribution in [0.2, 0.25) is 0 Å². The van der Waals surface area contributed by atoms with E-state index in [1.807, 2.05) is 6.92 Å². The molecule has 1 rings (SSSR count). The molecule has 1 aromatic rings. The predicted molar refractivity (Wildman–Crippen MR) is 50.2 cm³/mol. The quantitative estimate of drug-likeness (QED) is 0.610. The fourth-order valence-corrected chi connectivity index (χ4v) is 0.855. The lowest BCUT2D eigenvalue weighted by Crippen LogP contribution is -1.83. The maximum Gasteiger partial charge on any atom is 0.159 e. The Morgan fingerprint density at radius 1 is 1.31 bits per heavy atom. The van der Waals surface area contributed by atoms with Gasteiger partial charge in [-0.15, -0.1) is 0 Å². The highest BCUT2D eigenvalue weighted by Crippen LogP contribution is 2.10. The Labute approximate surface area is 76.2 Å². The van der Waals surface area contributed by atoms with E-state index in [0.29, 0.717) is 5.56 Å². The minimum Gasteiger partial charge on any atom is -0.204 e. The van der Waals surface area contributed by atoms with Crippen LogP contribution in [0.1, 0.15) is 12.5 Å². The van der Waals surface area contributed by atoms with Gasteiger partial charge in [0.1, 0.15) is 0 Å². The van der Waals surface area contributed by atoms with Gasteiger partial charge in [0.05, 0.1) is 0 Å². The summed E-state index contributed by atoms with van der Waals surface area (Å²) in [6.45, 7) is 5.49. The molecule has 0 saturated heterocycles. The van der Waals surface area contributed by atoms with Gasteiger partial charge >= 0.3 is 0 Å². The Hall–Kier alpha value is -1.44. The molecule has 0 nitrogen and oxygen atoms in total. The zero-order valence-corrected chi connectivity index (χ0v) is 7.35. The van der Waals surface area contributed by atoms with Gasteiger partial charge in [0.2, 0.25) is 0 Å². The number of rotatable bonds is 2. The molecular formula is C11H10F2. The van der Waals surface area contributed by atoms with Crippen molar-refractivity contribution in [3.8, 4) is 0 Å². The average molecular weight is 180 g/mol. The van der Waals surface area contributed by atoms with Crippen LogP contribution in [-0.4, -0.2) is 0 Å². The predicted octanol–water partition coefficient (Wildman–Crippen LogP) is 3.55. The van der Waals surface area contributed by atoms with Gasteiger partial charge in [-0.25, -0.2) is 8.78 Å². The van der Waals surface area contributed by atoms with Crippen molar-refractivity contribution in [3.63, 3.8) is 0 Å². The van der Waals surface area contributed by atoms with E-state index in [2.05, 4.69) is 6.58 Å². The molecule has 0 atom stereocenters. The van der Waals surface area contributed by atoms with E-state index in [1.54, 1.807) is 12.2 Å². The standard InChI is InChI=1S/C11H10F2/c1-8(2)3-4-9-5-6-10(12)11(13)7-9/h3-7H,1H2,2H3/b4-3+. The molecule has 0 aliphatic rings. The van der Waals surface area contributed by atoms with E-state index in [9.17, 15) is 8.78 Å². The molecule has 0 aliphatic carbocycles. The summed E-state index contributed by atoms with van der Waals surface area (Å²) in [5.74, 6) is -1.66. The van der Waals surface area contributed by atoms with Crippen molar-refractivity contribution in [2.24, 2.45) is 0 Å². The van der Waals surface area contributed by atoms with Crippen LogP contribution in [0.25, 0.3) is 6.08 Å². The van der Waals surface area contributed by atoms with Crippen LogP contribution in [0.3, 0.4) is 0 Å². The minimum atomic E-state index is -0.830. The van der Waals surface area contributed by atoms with E-state index >= 15 is 0 Å². The Bertz CT molecular complexity index is 351. The molecule has 0 bridgehead atoms. The van der Waals surface area contributed by atoms with Crippen LogP contribution in [-0.2, 0) is 0 Å². The van der Waals surface area contributed by atoms with Crippen LogP contribution in [0.15, 0.2) is 36.4 Å². The van der Waals surface area contributed by atoms with E-state index in [0.717, 1.165) is 17.7 Å². The Balaban J connectivity index is 2.92. The molecule has 0 fully saturated rings. The largest absolute Gasteiger partial charge is 0.204 e. The van der Waals surface area contributed by atoms with Crippen molar-refractivity contribution in [2.75, 3.05) is 0 Å². The van der Waals surface area contributed by atoms with Gasteiger partial charge in [0, 0.05) is 0 Å². The SMILES string of the molecule is C=C(C)/C=C/c1ccc(F)c(F)c1. The van der Waals surface area contributed by atoms with Gasteiger partial charge in [-0.05, 0) is 24.6 Å². The summed E-state index contributed by atoms with van der Waals surface area (Å²) in [4.78, 5) is 0. The minimum absolute atomic E-state index is 0.627. The van der Waals surface area contributed by atoms with Gasteiger partial charge in [-0.1, -0.05) is 30.4 Å². The second-order valence-corrected chi connectivity index (χ2v) is 2.85. The fraction of sp³-hybridized carbons (Fsp3) is 0.0909. The van der Waals surface area contributed by atoms with Gasteiger partial charge in [0.15, 0.2) is 11.6 Å². The number of benzene rings is 1. The average Bonchev–Trinajstić information content (AvgIpc) is 2.07. The molecule has 0 spiro atoms. The van der Waals surface area contributed by atoms with Crippen molar-refractivity contribution in [2.45, 2.75) is 6.92 Å². The summed E-state index contributed by atoms with van der Waals surface area (Å²) in [5.41, 5.74) is 1.49. The molecule has 0 N–H and O–H groups in total. The maximum absolute atomic E-state index is 12.7. The molecule has 0 heterocycles. The first-order chi connectivity index (χ1) is 6.09. The third-order valence-electron chi connectivity index (χ3n) is 1.50. The van der Waals surface area contributed by atoms with E-state index in [-0.39, 0.29) is 0 Å².